The van der Waals surface area contributed by atoms with E-state index in [1.807, 2.05) is 36.4 Å². The Morgan fingerprint density at radius 2 is 1.57 bits per heavy atom. The molecule has 47 heavy (non-hydrogen) atoms. The summed E-state index contributed by atoms with van der Waals surface area (Å²) in [6.45, 7) is 8.08. The first-order chi connectivity index (χ1) is 22.5. The Bertz CT molecular complexity index is 1660. The van der Waals surface area contributed by atoms with Crippen LogP contribution in [0.15, 0.2) is 79.0 Å². The molecule has 3 atom stereocenters. The number of piperazine rings is 1. The molecule has 2 aliphatic rings. The summed E-state index contributed by atoms with van der Waals surface area (Å²) in [6.07, 6.45) is -2.53. The molecule has 4 aromatic rings. The Hall–Kier alpha value is -4.78. The van der Waals surface area contributed by atoms with Crippen molar-refractivity contribution in [1.82, 2.24) is 14.5 Å². The van der Waals surface area contributed by atoms with Crippen molar-refractivity contribution in [3.8, 4) is 17.5 Å². The van der Waals surface area contributed by atoms with Crippen LogP contribution in [-0.2, 0) is 25.9 Å². The molecule has 248 valence electrons. The zero-order valence-electron chi connectivity index (χ0n) is 26.1. The number of nitrogens with zero attached hydrogens (tertiary/aromatic N) is 5. The lowest BCUT2D eigenvalue weighted by Gasteiger charge is -2.45. The molecule has 3 heterocycles. The van der Waals surface area contributed by atoms with Gasteiger partial charge in [-0.1, -0.05) is 24.3 Å². The molecule has 0 bridgehead atoms. The van der Waals surface area contributed by atoms with Gasteiger partial charge in [-0.05, 0) is 78.4 Å². The van der Waals surface area contributed by atoms with Gasteiger partial charge in [-0.15, -0.1) is 0 Å². The number of anilines is 1. The zero-order chi connectivity index (χ0) is 33.1. The van der Waals surface area contributed by atoms with Crippen molar-refractivity contribution in [1.29, 1.82) is 0 Å². The molecule has 0 saturated carbocycles. The number of hydrogen-bond donors (Lipinski definition) is 0. The molecule has 0 N–H and O–H groups in total. The lowest BCUT2D eigenvalue weighted by atomic mass is 10.1. The van der Waals surface area contributed by atoms with Crippen LogP contribution in [0.5, 0.6) is 17.5 Å². The average Bonchev–Trinajstić information content (AvgIpc) is 3.49. The molecule has 6 rings (SSSR count). The summed E-state index contributed by atoms with van der Waals surface area (Å²) >= 11 is 0. The van der Waals surface area contributed by atoms with E-state index in [9.17, 15) is 23.3 Å². The lowest BCUT2D eigenvalue weighted by molar-refractivity contribution is -0.389. The third-order valence-electron chi connectivity index (χ3n) is 8.59. The largest absolute Gasteiger partial charge is 0.490 e. The number of benzene rings is 3. The predicted octanol–water partition coefficient (Wildman–Crippen LogP) is 6.72. The van der Waals surface area contributed by atoms with Gasteiger partial charge in [-0.3, -0.25) is 9.47 Å². The van der Waals surface area contributed by atoms with Gasteiger partial charge < -0.3 is 29.2 Å². The molecule has 1 fully saturated rings. The Kier molecular flexibility index (Phi) is 9.26. The molecule has 1 unspecified atom stereocenters. The minimum atomic E-state index is -4.35. The molecule has 1 saturated heterocycles. The number of alkyl halides is 3. The van der Waals surface area contributed by atoms with E-state index < -0.39 is 16.7 Å². The van der Waals surface area contributed by atoms with Crippen LogP contribution in [-0.4, -0.2) is 57.3 Å². The number of fused-ring (bicyclic) bond motifs is 1. The number of rotatable bonds is 10. The number of ether oxygens (including phenoxy) is 3. The standard InChI is InChI=1S/C34H36F3N5O5/c1-23-18-41(28-9-13-30(14-10-28)46-22-31-15-16-39-20-32(42(43)44)38-33(39)47-31)24(2)17-40(23)19-25-5-11-29(12-6-25)45-21-26-3-7-27(8-4-26)34(35,36)37/h3-14,20,23-24,31H,15-19,21-22H2,1-2H3/t23-,24+,31?/m1/s1. The maximum Gasteiger partial charge on any atom is 0.416 e. The molecule has 0 spiro atoms. The fraction of sp³-hybridized carbons (Fsp3) is 0.382. The van der Waals surface area contributed by atoms with Crippen LogP contribution in [0.4, 0.5) is 24.7 Å². The summed E-state index contributed by atoms with van der Waals surface area (Å²) in [5.41, 5.74) is 2.28. The molecule has 3 aromatic carbocycles. The monoisotopic (exact) mass is 651 g/mol. The van der Waals surface area contributed by atoms with Crippen molar-refractivity contribution in [2.75, 3.05) is 24.6 Å². The van der Waals surface area contributed by atoms with Crippen molar-refractivity contribution >= 4 is 11.5 Å². The highest BCUT2D eigenvalue weighted by Crippen LogP contribution is 2.30. The molecule has 1 aromatic heterocycles. The van der Waals surface area contributed by atoms with E-state index in [0.717, 1.165) is 48.8 Å². The second kappa shape index (κ2) is 13.5. The van der Waals surface area contributed by atoms with Crippen LogP contribution in [0.25, 0.3) is 0 Å². The predicted molar refractivity (Wildman–Crippen MR) is 169 cm³/mol. The summed E-state index contributed by atoms with van der Waals surface area (Å²) in [4.78, 5) is 19.3. The minimum Gasteiger partial charge on any atom is -0.490 e. The van der Waals surface area contributed by atoms with Crippen molar-refractivity contribution in [2.45, 2.75) is 64.3 Å². The highest BCUT2D eigenvalue weighted by atomic mass is 19.4. The van der Waals surface area contributed by atoms with Gasteiger partial charge in [0, 0.05) is 55.4 Å². The molecule has 2 aliphatic heterocycles. The summed E-state index contributed by atoms with van der Waals surface area (Å²) in [5, 5.41) is 11.0. The van der Waals surface area contributed by atoms with Gasteiger partial charge in [-0.25, -0.2) is 0 Å². The third kappa shape index (κ3) is 7.79. The Morgan fingerprint density at radius 3 is 2.26 bits per heavy atom. The highest BCUT2D eigenvalue weighted by molar-refractivity contribution is 5.50. The van der Waals surface area contributed by atoms with Crippen LogP contribution < -0.4 is 19.1 Å². The van der Waals surface area contributed by atoms with E-state index in [-0.39, 0.29) is 30.6 Å². The first-order valence-corrected chi connectivity index (χ1v) is 15.5. The SMILES string of the molecule is C[C@@H]1CN(c2ccc(OCC3CCn4cc([N+](=O)[O-])nc4O3)cc2)[C@@H](C)CN1Cc1ccc(OCc2ccc(C(F)(F)F)cc2)cc1. The fourth-order valence-electron chi connectivity index (χ4n) is 5.92. The van der Waals surface area contributed by atoms with Crippen molar-refractivity contribution in [2.24, 2.45) is 0 Å². The van der Waals surface area contributed by atoms with Gasteiger partial charge in [0.05, 0.1) is 5.56 Å². The summed E-state index contributed by atoms with van der Waals surface area (Å²) in [7, 11) is 0. The van der Waals surface area contributed by atoms with E-state index in [0.29, 0.717) is 36.9 Å². The van der Waals surface area contributed by atoms with Gasteiger partial charge >= 0.3 is 18.0 Å². The number of halogens is 3. The fourth-order valence-corrected chi connectivity index (χ4v) is 5.92. The molecule has 13 heteroatoms. The Labute approximate surface area is 270 Å². The van der Waals surface area contributed by atoms with Crippen LogP contribution >= 0.6 is 0 Å². The minimum absolute atomic E-state index is 0.192. The molecule has 0 radical (unpaired) electrons. The number of aryl methyl sites for hydroxylation is 1. The number of nitro groups is 1. The van der Waals surface area contributed by atoms with E-state index in [2.05, 4.69) is 40.8 Å². The average molecular weight is 652 g/mol. The topological polar surface area (TPSA) is 95.1 Å². The van der Waals surface area contributed by atoms with Gasteiger partial charge in [0.2, 0.25) is 0 Å². The first-order valence-electron chi connectivity index (χ1n) is 15.5. The molecule has 0 aliphatic carbocycles. The number of hydrogen-bond acceptors (Lipinski definition) is 8. The van der Waals surface area contributed by atoms with Crippen LogP contribution in [0.2, 0.25) is 0 Å². The maximum absolute atomic E-state index is 12.8. The highest BCUT2D eigenvalue weighted by Gasteiger charge is 2.31. The second-order valence-corrected chi connectivity index (χ2v) is 12.1. The summed E-state index contributed by atoms with van der Waals surface area (Å²) in [5.74, 6) is 1.17. The molecule has 0 amide bonds. The molecular weight excluding hydrogens is 615 g/mol. The van der Waals surface area contributed by atoms with Crippen molar-refractivity contribution in [3.05, 3.63) is 106 Å². The van der Waals surface area contributed by atoms with Crippen LogP contribution in [0.3, 0.4) is 0 Å². The van der Waals surface area contributed by atoms with Gasteiger partial charge in [0.1, 0.15) is 37.0 Å². The molecular formula is C34H36F3N5O5. The summed E-state index contributed by atoms with van der Waals surface area (Å²) < 4.78 is 57.6. The quantitative estimate of drug-likeness (QED) is 0.138. The Balaban J connectivity index is 0.963. The third-order valence-corrected chi connectivity index (χ3v) is 8.59. The van der Waals surface area contributed by atoms with E-state index in [1.165, 1.54) is 18.3 Å². The van der Waals surface area contributed by atoms with Crippen molar-refractivity contribution < 1.29 is 32.3 Å². The van der Waals surface area contributed by atoms with Crippen LogP contribution in [0, 0.1) is 10.1 Å². The van der Waals surface area contributed by atoms with E-state index in [1.54, 1.807) is 4.57 Å². The number of aromatic nitrogens is 2. The van der Waals surface area contributed by atoms with Crippen LogP contribution in [0.1, 0.15) is 37.0 Å². The number of imidazole rings is 1. The normalized spacial score (nSPS) is 19.9. The van der Waals surface area contributed by atoms with E-state index in [4.69, 9.17) is 14.2 Å². The van der Waals surface area contributed by atoms with Gasteiger partial charge in [-0.2, -0.15) is 13.2 Å². The second-order valence-electron chi connectivity index (χ2n) is 12.1. The van der Waals surface area contributed by atoms with E-state index >= 15 is 0 Å². The lowest BCUT2D eigenvalue weighted by Crippen LogP contribution is -2.56. The first kappa shape index (κ1) is 32.2. The molecule has 10 nitrogen and oxygen atoms in total. The maximum atomic E-state index is 12.8. The smallest absolute Gasteiger partial charge is 0.416 e. The summed E-state index contributed by atoms with van der Waals surface area (Å²) in [6, 6.07) is 21.7. The Morgan fingerprint density at radius 1 is 0.915 bits per heavy atom. The van der Waals surface area contributed by atoms with Gasteiger partial charge in [0.15, 0.2) is 0 Å². The zero-order valence-corrected chi connectivity index (χ0v) is 26.1. The van der Waals surface area contributed by atoms with Gasteiger partial charge in [0.25, 0.3) is 0 Å². The van der Waals surface area contributed by atoms with Crippen molar-refractivity contribution in [3.63, 3.8) is 0 Å².